The number of urea groups is 1. The molecular formula is C13H24N2O. The van der Waals surface area contributed by atoms with E-state index in [1.54, 1.807) is 0 Å². The van der Waals surface area contributed by atoms with E-state index in [2.05, 4.69) is 12.2 Å². The van der Waals surface area contributed by atoms with Crippen LogP contribution in [-0.4, -0.2) is 30.6 Å². The molecule has 0 atom stereocenters. The van der Waals surface area contributed by atoms with Crippen LogP contribution in [0.4, 0.5) is 4.79 Å². The summed E-state index contributed by atoms with van der Waals surface area (Å²) in [4.78, 5) is 13.7. The first kappa shape index (κ1) is 11.7. The maximum atomic E-state index is 11.8. The number of carbonyl (C=O) groups is 1. The summed E-state index contributed by atoms with van der Waals surface area (Å²) in [5.74, 6) is 0. The van der Waals surface area contributed by atoms with Crippen LogP contribution in [0, 0.1) is 5.41 Å². The third-order valence-corrected chi connectivity index (χ3v) is 4.14. The van der Waals surface area contributed by atoms with Gasteiger partial charge in [-0.3, -0.25) is 0 Å². The van der Waals surface area contributed by atoms with E-state index in [1.165, 1.54) is 44.9 Å². The summed E-state index contributed by atoms with van der Waals surface area (Å²) in [5.41, 5.74) is 0.346. The number of nitrogens with zero attached hydrogens (tertiary/aromatic N) is 1. The van der Waals surface area contributed by atoms with Crippen molar-refractivity contribution in [3.05, 3.63) is 0 Å². The van der Waals surface area contributed by atoms with E-state index in [-0.39, 0.29) is 6.03 Å². The Bertz CT molecular complexity index is 255. The van der Waals surface area contributed by atoms with Crippen molar-refractivity contribution in [2.75, 3.05) is 13.6 Å². The largest absolute Gasteiger partial charge is 0.337 e. The predicted octanol–water partition coefficient (Wildman–Crippen LogP) is 2.76. The molecule has 2 saturated carbocycles. The molecule has 0 unspecified atom stereocenters. The molecule has 0 aromatic rings. The molecule has 2 fully saturated rings. The fourth-order valence-corrected chi connectivity index (χ4v) is 2.62. The minimum atomic E-state index is 0.120. The topological polar surface area (TPSA) is 32.3 Å². The van der Waals surface area contributed by atoms with E-state index in [0.717, 1.165) is 6.54 Å². The summed E-state index contributed by atoms with van der Waals surface area (Å²) >= 11 is 0. The Labute approximate surface area is 98.6 Å². The van der Waals surface area contributed by atoms with Gasteiger partial charge in [0.2, 0.25) is 0 Å². The molecule has 0 aromatic heterocycles. The second-order valence-corrected chi connectivity index (χ2v) is 5.87. The van der Waals surface area contributed by atoms with Crippen molar-refractivity contribution in [3.63, 3.8) is 0 Å². The van der Waals surface area contributed by atoms with Gasteiger partial charge < -0.3 is 10.2 Å². The molecule has 0 bridgehead atoms. The van der Waals surface area contributed by atoms with E-state index < -0.39 is 0 Å². The Morgan fingerprint density at radius 1 is 1.31 bits per heavy atom. The molecule has 3 heteroatoms. The lowest BCUT2D eigenvalue weighted by Crippen LogP contribution is -2.43. The van der Waals surface area contributed by atoms with Crippen LogP contribution in [0.15, 0.2) is 0 Å². The van der Waals surface area contributed by atoms with Crippen LogP contribution in [0.25, 0.3) is 0 Å². The van der Waals surface area contributed by atoms with Gasteiger partial charge in [0, 0.05) is 19.6 Å². The van der Waals surface area contributed by atoms with Crippen molar-refractivity contribution in [2.24, 2.45) is 5.41 Å². The molecule has 2 aliphatic carbocycles. The Hall–Kier alpha value is -0.730. The highest BCUT2D eigenvalue weighted by Gasteiger charge is 2.31. The summed E-state index contributed by atoms with van der Waals surface area (Å²) in [6.07, 6.45) is 8.91. The highest BCUT2D eigenvalue weighted by atomic mass is 16.2. The second kappa shape index (κ2) is 4.64. The molecular weight excluding hydrogens is 200 g/mol. The first-order valence-electron chi connectivity index (χ1n) is 6.61. The van der Waals surface area contributed by atoms with Gasteiger partial charge in [0.1, 0.15) is 0 Å². The average Bonchev–Trinajstić information content (AvgIpc) is 3.10. The fraction of sp³-hybridized carbons (Fsp3) is 0.923. The number of hydrogen-bond acceptors (Lipinski definition) is 1. The van der Waals surface area contributed by atoms with Crippen molar-refractivity contribution in [1.82, 2.24) is 10.2 Å². The van der Waals surface area contributed by atoms with E-state index >= 15 is 0 Å². The SMILES string of the molecule is CN(C(=O)NCC1(C)CCCCC1)C1CC1. The van der Waals surface area contributed by atoms with Crippen molar-refractivity contribution >= 4 is 6.03 Å². The molecule has 2 aliphatic rings. The van der Waals surface area contributed by atoms with Crippen LogP contribution in [-0.2, 0) is 0 Å². The van der Waals surface area contributed by atoms with Crippen LogP contribution in [0.1, 0.15) is 51.9 Å². The Morgan fingerprint density at radius 3 is 2.50 bits per heavy atom. The zero-order chi connectivity index (χ0) is 11.6. The molecule has 0 heterocycles. The summed E-state index contributed by atoms with van der Waals surface area (Å²) in [6.45, 7) is 3.16. The molecule has 1 N–H and O–H groups in total. The average molecular weight is 224 g/mol. The lowest BCUT2D eigenvalue weighted by Gasteiger charge is -2.34. The van der Waals surface area contributed by atoms with E-state index in [9.17, 15) is 4.79 Å². The fourth-order valence-electron chi connectivity index (χ4n) is 2.62. The Balaban J connectivity index is 1.74. The lowest BCUT2D eigenvalue weighted by molar-refractivity contribution is 0.181. The quantitative estimate of drug-likeness (QED) is 0.785. The van der Waals surface area contributed by atoms with Crippen molar-refractivity contribution in [3.8, 4) is 0 Å². The molecule has 0 spiro atoms. The summed E-state index contributed by atoms with van der Waals surface area (Å²) in [6, 6.07) is 0.633. The number of nitrogens with one attached hydrogen (secondary N) is 1. The van der Waals surface area contributed by atoms with Crippen molar-refractivity contribution in [2.45, 2.75) is 57.9 Å². The van der Waals surface area contributed by atoms with E-state index in [4.69, 9.17) is 0 Å². The van der Waals surface area contributed by atoms with Crippen LogP contribution < -0.4 is 5.32 Å². The highest BCUT2D eigenvalue weighted by Crippen LogP contribution is 2.35. The third-order valence-electron chi connectivity index (χ3n) is 4.14. The number of amides is 2. The van der Waals surface area contributed by atoms with Crippen LogP contribution in [0.5, 0.6) is 0 Å². The van der Waals surface area contributed by atoms with Gasteiger partial charge in [0.25, 0.3) is 0 Å². The van der Waals surface area contributed by atoms with Gasteiger partial charge in [-0.15, -0.1) is 0 Å². The van der Waals surface area contributed by atoms with Gasteiger partial charge in [0.05, 0.1) is 0 Å². The highest BCUT2D eigenvalue weighted by molar-refractivity contribution is 5.74. The zero-order valence-electron chi connectivity index (χ0n) is 10.6. The smallest absolute Gasteiger partial charge is 0.317 e. The molecule has 0 aliphatic heterocycles. The van der Waals surface area contributed by atoms with Gasteiger partial charge in [0.15, 0.2) is 0 Å². The maximum Gasteiger partial charge on any atom is 0.317 e. The molecule has 0 aromatic carbocycles. The molecule has 2 rings (SSSR count). The maximum absolute atomic E-state index is 11.8. The summed E-state index contributed by atoms with van der Waals surface area (Å²) in [5, 5.41) is 3.10. The number of carbonyl (C=O) groups excluding carboxylic acids is 1. The summed E-state index contributed by atoms with van der Waals surface area (Å²) < 4.78 is 0. The second-order valence-electron chi connectivity index (χ2n) is 5.87. The van der Waals surface area contributed by atoms with E-state index in [1.807, 2.05) is 11.9 Å². The normalized spacial score (nSPS) is 23.9. The third kappa shape index (κ3) is 2.89. The van der Waals surface area contributed by atoms with Crippen molar-refractivity contribution in [1.29, 1.82) is 0 Å². The van der Waals surface area contributed by atoms with Crippen LogP contribution >= 0.6 is 0 Å². The van der Waals surface area contributed by atoms with Gasteiger partial charge in [-0.1, -0.05) is 26.2 Å². The van der Waals surface area contributed by atoms with E-state index in [0.29, 0.717) is 11.5 Å². The lowest BCUT2D eigenvalue weighted by atomic mass is 9.76. The van der Waals surface area contributed by atoms with Gasteiger partial charge in [-0.2, -0.15) is 0 Å². The minimum Gasteiger partial charge on any atom is -0.337 e. The van der Waals surface area contributed by atoms with Crippen LogP contribution in [0.3, 0.4) is 0 Å². The standard InChI is InChI=1S/C13H24N2O/c1-13(8-4-3-5-9-13)10-14-12(16)15(2)11-6-7-11/h11H,3-10H2,1-2H3,(H,14,16). The van der Waals surface area contributed by atoms with Crippen molar-refractivity contribution < 1.29 is 4.79 Å². The zero-order valence-corrected chi connectivity index (χ0v) is 10.6. The molecule has 0 saturated heterocycles. The predicted molar refractivity (Wildman–Crippen MR) is 65.4 cm³/mol. The molecule has 16 heavy (non-hydrogen) atoms. The van der Waals surface area contributed by atoms with Crippen LogP contribution in [0.2, 0.25) is 0 Å². The van der Waals surface area contributed by atoms with Gasteiger partial charge in [-0.05, 0) is 31.1 Å². The Morgan fingerprint density at radius 2 is 1.94 bits per heavy atom. The van der Waals surface area contributed by atoms with Gasteiger partial charge in [-0.25, -0.2) is 4.79 Å². The summed E-state index contributed by atoms with van der Waals surface area (Å²) in [7, 11) is 1.91. The van der Waals surface area contributed by atoms with Gasteiger partial charge >= 0.3 is 6.03 Å². The minimum absolute atomic E-state index is 0.120. The molecule has 92 valence electrons. The first-order valence-corrected chi connectivity index (χ1v) is 6.61. The molecule has 0 radical (unpaired) electrons. The number of rotatable bonds is 3. The first-order chi connectivity index (χ1) is 7.61. The molecule has 2 amide bonds. The number of hydrogen-bond donors (Lipinski definition) is 1. The Kier molecular flexibility index (Phi) is 3.41. The monoisotopic (exact) mass is 224 g/mol. The molecule has 3 nitrogen and oxygen atoms in total.